The number of hydrogen-bond acceptors (Lipinski definition) is 3. The van der Waals surface area contributed by atoms with E-state index >= 15 is 0 Å². The standard InChI is InChI=1S/C23H26O2S/c1-11-9-15(12(2)13(3)21(11)25)7-8-18(24)22-16-10-17-20(23(17,5)6)19(16)14(4)26-22/h7-9,17,20,25H,10H2,1-6H3/t17-,20-/m1/s1. The van der Waals surface area contributed by atoms with Crippen LogP contribution in [0.2, 0.25) is 0 Å². The molecule has 2 aliphatic rings. The Kier molecular flexibility index (Phi) is 3.75. The third-order valence-electron chi connectivity index (χ3n) is 6.75. The predicted molar refractivity (Wildman–Crippen MR) is 108 cm³/mol. The molecule has 0 unspecified atom stereocenters. The van der Waals surface area contributed by atoms with Crippen molar-refractivity contribution in [3.05, 3.63) is 55.3 Å². The van der Waals surface area contributed by atoms with Gasteiger partial charge in [-0.15, -0.1) is 11.3 Å². The average Bonchev–Trinajstić information content (AvgIpc) is 2.94. The third kappa shape index (κ3) is 2.33. The van der Waals surface area contributed by atoms with Gasteiger partial charge in [0.2, 0.25) is 0 Å². The molecule has 2 aliphatic carbocycles. The second kappa shape index (κ2) is 5.56. The minimum Gasteiger partial charge on any atom is -0.507 e. The molecule has 1 heterocycles. The van der Waals surface area contributed by atoms with Crippen LogP contribution in [0.15, 0.2) is 12.1 Å². The van der Waals surface area contributed by atoms with Gasteiger partial charge < -0.3 is 5.11 Å². The molecule has 136 valence electrons. The molecule has 3 heteroatoms. The molecule has 0 radical (unpaired) electrons. The van der Waals surface area contributed by atoms with Crippen LogP contribution < -0.4 is 0 Å². The fourth-order valence-electron chi connectivity index (χ4n) is 4.84. The number of rotatable bonds is 3. The summed E-state index contributed by atoms with van der Waals surface area (Å²) < 4.78 is 0. The number of phenols is 1. The van der Waals surface area contributed by atoms with Crippen molar-refractivity contribution in [3.63, 3.8) is 0 Å². The normalized spacial score (nSPS) is 22.5. The first kappa shape index (κ1) is 17.5. The molecule has 0 aliphatic heterocycles. The first-order valence-electron chi connectivity index (χ1n) is 9.29. The van der Waals surface area contributed by atoms with Crippen LogP contribution in [-0.2, 0) is 6.42 Å². The van der Waals surface area contributed by atoms with Gasteiger partial charge in [-0.05, 0) is 96.9 Å². The van der Waals surface area contributed by atoms with Crippen molar-refractivity contribution >= 4 is 23.2 Å². The van der Waals surface area contributed by atoms with E-state index in [1.165, 1.54) is 16.0 Å². The Morgan fingerprint density at radius 3 is 2.62 bits per heavy atom. The smallest absolute Gasteiger partial charge is 0.196 e. The number of phenolic OH excluding ortho intramolecular Hbond substituents is 1. The van der Waals surface area contributed by atoms with Crippen LogP contribution in [0.25, 0.3) is 6.08 Å². The fourth-order valence-corrected chi connectivity index (χ4v) is 6.00. The topological polar surface area (TPSA) is 37.3 Å². The van der Waals surface area contributed by atoms with Gasteiger partial charge in [-0.25, -0.2) is 0 Å². The molecule has 2 nitrogen and oxygen atoms in total. The lowest BCUT2D eigenvalue weighted by Crippen LogP contribution is -2.03. The van der Waals surface area contributed by atoms with E-state index in [0.29, 0.717) is 17.1 Å². The van der Waals surface area contributed by atoms with Crippen LogP contribution in [0.1, 0.15) is 67.7 Å². The Balaban J connectivity index is 1.65. The zero-order chi connectivity index (χ0) is 19.0. The van der Waals surface area contributed by atoms with Crippen LogP contribution in [0.5, 0.6) is 5.75 Å². The summed E-state index contributed by atoms with van der Waals surface area (Å²) in [7, 11) is 0. The predicted octanol–water partition coefficient (Wildman–Crippen LogP) is 5.88. The van der Waals surface area contributed by atoms with Gasteiger partial charge in [0, 0.05) is 4.88 Å². The van der Waals surface area contributed by atoms with Gasteiger partial charge in [-0.1, -0.05) is 19.9 Å². The molecule has 1 fully saturated rings. The number of fused-ring (bicyclic) bond motifs is 3. The first-order valence-corrected chi connectivity index (χ1v) is 10.1. The van der Waals surface area contributed by atoms with E-state index < -0.39 is 0 Å². The Morgan fingerprint density at radius 2 is 1.92 bits per heavy atom. The van der Waals surface area contributed by atoms with Crippen molar-refractivity contribution in [3.8, 4) is 5.75 Å². The highest BCUT2D eigenvalue weighted by Crippen LogP contribution is 2.71. The van der Waals surface area contributed by atoms with E-state index in [2.05, 4.69) is 20.8 Å². The lowest BCUT2D eigenvalue weighted by molar-refractivity contribution is 0.105. The number of allylic oxidation sites excluding steroid dienone is 1. The number of thiophene rings is 1. The van der Waals surface area contributed by atoms with E-state index in [4.69, 9.17) is 0 Å². The van der Waals surface area contributed by atoms with Gasteiger partial charge in [-0.2, -0.15) is 0 Å². The minimum atomic E-state index is 0.112. The molecule has 0 amide bonds. The fraction of sp³-hybridized carbons (Fsp3) is 0.435. The highest BCUT2D eigenvalue weighted by Gasteiger charge is 2.63. The van der Waals surface area contributed by atoms with E-state index in [-0.39, 0.29) is 5.78 Å². The van der Waals surface area contributed by atoms with Gasteiger partial charge in [-0.3, -0.25) is 4.79 Å². The first-order chi connectivity index (χ1) is 12.1. The van der Waals surface area contributed by atoms with Gasteiger partial charge in [0.05, 0.1) is 4.88 Å². The molecule has 0 spiro atoms. The van der Waals surface area contributed by atoms with E-state index in [9.17, 15) is 9.90 Å². The number of carbonyl (C=O) groups excluding carboxylic acids is 1. The summed E-state index contributed by atoms with van der Waals surface area (Å²) in [5.74, 6) is 1.84. The average molecular weight is 367 g/mol. The molecule has 2 aromatic rings. The zero-order valence-corrected chi connectivity index (χ0v) is 17.2. The Morgan fingerprint density at radius 1 is 1.23 bits per heavy atom. The lowest BCUT2D eigenvalue weighted by Gasteiger charge is -2.10. The van der Waals surface area contributed by atoms with Crippen molar-refractivity contribution in [2.75, 3.05) is 0 Å². The Labute approximate surface area is 159 Å². The second-order valence-electron chi connectivity index (χ2n) is 8.57. The molecule has 1 saturated carbocycles. The summed E-state index contributed by atoms with van der Waals surface area (Å²) in [5, 5.41) is 10.1. The number of ketones is 1. The summed E-state index contributed by atoms with van der Waals surface area (Å²) in [4.78, 5) is 15.1. The minimum absolute atomic E-state index is 0.112. The Bertz CT molecular complexity index is 975. The highest BCUT2D eigenvalue weighted by molar-refractivity contribution is 7.14. The zero-order valence-electron chi connectivity index (χ0n) is 16.4. The molecular formula is C23H26O2S. The van der Waals surface area contributed by atoms with Crippen molar-refractivity contribution in [1.29, 1.82) is 0 Å². The summed E-state index contributed by atoms with van der Waals surface area (Å²) in [6, 6.07) is 1.95. The lowest BCUT2D eigenvalue weighted by atomic mass is 9.94. The van der Waals surface area contributed by atoms with Crippen LogP contribution in [0.3, 0.4) is 0 Å². The molecule has 0 bridgehead atoms. The van der Waals surface area contributed by atoms with Gasteiger partial charge in [0.25, 0.3) is 0 Å². The monoisotopic (exact) mass is 366 g/mol. The molecule has 1 aromatic heterocycles. The molecule has 26 heavy (non-hydrogen) atoms. The van der Waals surface area contributed by atoms with Crippen molar-refractivity contribution in [2.45, 2.75) is 53.9 Å². The van der Waals surface area contributed by atoms with E-state index in [0.717, 1.165) is 39.5 Å². The van der Waals surface area contributed by atoms with Gasteiger partial charge in [0.1, 0.15) is 5.75 Å². The summed E-state index contributed by atoms with van der Waals surface area (Å²) >= 11 is 1.66. The maximum absolute atomic E-state index is 12.9. The Hall–Kier alpha value is -1.87. The summed E-state index contributed by atoms with van der Waals surface area (Å²) in [6.07, 6.45) is 4.67. The summed E-state index contributed by atoms with van der Waals surface area (Å²) in [5.41, 5.74) is 6.93. The molecule has 4 rings (SSSR count). The van der Waals surface area contributed by atoms with Crippen LogP contribution in [0, 0.1) is 39.0 Å². The second-order valence-corrected chi connectivity index (χ2v) is 9.79. The molecule has 1 aromatic carbocycles. The third-order valence-corrected chi connectivity index (χ3v) is 7.93. The number of carbonyl (C=O) groups is 1. The van der Waals surface area contributed by atoms with Crippen molar-refractivity contribution < 1.29 is 9.90 Å². The van der Waals surface area contributed by atoms with Crippen LogP contribution >= 0.6 is 11.3 Å². The number of aromatic hydroxyl groups is 1. The molecule has 2 atom stereocenters. The number of hydrogen-bond donors (Lipinski definition) is 1. The summed E-state index contributed by atoms with van der Waals surface area (Å²) in [6.45, 7) is 12.7. The highest BCUT2D eigenvalue weighted by atomic mass is 32.1. The van der Waals surface area contributed by atoms with Gasteiger partial charge in [0.15, 0.2) is 5.78 Å². The van der Waals surface area contributed by atoms with Crippen molar-refractivity contribution in [1.82, 2.24) is 0 Å². The number of aryl methyl sites for hydroxylation is 2. The quantitative estimate of drug-likeness (QED) is 0.544. The van der Waals surface area contributed by atoms with E-state index in [1.807, 2.05) is 32.9 Å². The largest absolute Gasteiger partial charge is 0.507 e. The van der Waals surface area contributed by atoms with E-state index in [1.54, 1.807) is 17.4 Å². The molecule has 0 saturated heterocycles. The number of benzene rings is 1. The maximum atomic E-state index is 12.9. The van der Waals surface area contributed by atoms with Crippen LogP contribution in [0.4, 0.5) is 0 Å². The molecular weight excluding hydrogens is 340 g/mol. The van der Waals surface area contributed by atoms with Crippen molar-refractivity contribution in [2.24, 2.45) is 11.3 Å². The molecule has 1 N–H and O–H groups in total. The SMILES string of the molecule is Cc1cc(C=CC(=O)c2sc(C)c3c2C[C@@H]2[C@H]3C2(C)C)c(C)c(C)c1O. The van der Waals surface area contributed by atoms with Crippen LogP contribution in [-0.4, -0.2) is 10.9 Å². The maximum Gasteiger partial charge on any atom is 0.196 e. The van der Waals surface area contributed by atoms with Gasteiger partial charge >= 0.3 is 0 Å².